The summed E-state index contributed by atoms with van der Waals surface area (Å²) < 4.78 is 5.09. The minimum absolute atomic E-state index is 0.170. The summed E-state index contributed by atoms with van der Waals surface area (Å²) in [5.74, 6) is -1.55. The number of hydrogen-bond acceptors (Lipinski definition) is 4. The number of ether oxygens (including phenoxy) is 1. The van der Waals surface area contributed by atoms with Gasteiger partial charge < -0.3 is 4.74 Å². The van der Waals surface area contributed by atoms with Gasteiger partial charge in [0.15, 0.2) is 0 Å². The minimum Gasteiger partial charge on any atom is -0.497 e. The Morgan fingerprint density at radius 1 is 1.08 bits per heavy atom. The predicted octanol–water partition coefficient (Wildman–Crippen LogP) is 2.79. The second kappa shape index (κ2) is 6.94. The fraction of sp³-hybridized carbons (Fsp3) is 0.167. The second-order valence-corrected chi connectivity index (χ2v) is 5.93. The summed E-state index contributed by atoms with van der Waals surface area (Å²) in [6.07, 6.45) is 0.170. The molecule has 0 spiro atoms. The van der Waals surface area contributed by atoms with Gasteiger partial charge in [0.05, 0.1) is 17.8 Å². The van der Waals surface area contributed by atoms with Gasteiger partial charge in [-0.2, -0.15) is 0 Å². The van der Waals surface area contributed by atoms with Crippen molar-refractivity contribution < 1.29 is 19.1 Å². The van der Waals surface area contributed by atoms with Crippen molar-refractivity contribution in [3.63, 3.8) is 0 Å². The van der Waals surface area contributed by atoms with Crippen LogP contribution in [0.1, 0.15) is 5.56 Å². The molecule has 128 valence electrons. The third-order valence-electron chi connectivity index (χ3n) is 3.96. The molecule has 0 aromatic heterocycles. The summed E-state index contributed by atoms with van der Waals surface area (Å²) in [4.78, 5) is 38.0. The molecule has 1 N–H and O–H groups in total. The molecule has 1 aliphatic heterocycles. The summed E-state index contributed by atoms with van der Waals surface area (Å²) in [5.41, 5.74) is 1.03. The molecule has 1 saturated heterocycles. The number of halogens is 1. The maximum absolute atomic E-state index is 12.8. The highest BCUT2D eigenvalue weighted by atomic mass is 35.5. The second-order valence-electron chi connectivity index (χ2n) is 5.52. The lowest BCUT2D eigenvalue weighted by atomic mass is 9.95. The van der Waals surface area contributed by atoms with Crippen LogP contribution in [0.5, 0.6) is 5.75 Å². The maximum Gasteiger partial charge on any atom is 0.335 e. The van der Waals surface area contributed by atoms with E-state index >= 15 is 0 Å². The van der Waals surface area contributed by atoms with Crippen LogP contribution in [0.3, 0.4) is 0 Å². The lowest BCUT2D eigenvalue weighted by Gasteiger charge is -2.30. The molecule has 3 rings (SSSR count). The summed E-state index contributed by atoms with van der Waals surface area (Å²) >= 11 is 6.09. The van der Waals surface area contributed by atoms with Gasteiger partial charge in [-0.1, -0.05) is 35.9 Å². The van der Waals surface area contributed by atoms with Crippen LogP contribution in [-0.4, -0.2) is 25.0 Å². The van der Waals surface area contributed by atoms with E-state index in [4.69, 9.17) is 16.3 Å². The average molecular weight is 359 g/mol. The van der Waals surface area contributed by atoms with Crippen LogP contribution in [0.4, 0.5) is 10.5 Å². The number of barbiturate groups is 1. The normalized spacial score (nSPS) is 17.4. The zero-order valence-electron chi connectivity index (χ0n) is 13.4. The van der Waals surface area contributed by atoms with E-state index in [0.29, 0.717) is 5.75 Å². The molecular formula is C18H15ClN2O4. The van der Waals surface area contributed by atoms with Crippen LogP contribution in [-0.2, 0) is 16.0 Å². The molecule has 0 unspecified atom stereocenters. The quantitative estimate of drug-likeness (QED) is 0.853. The Labute approximate surface area is 149 Å². The first kappa shape index (κ1) is 17.0. The molecule has 6 nitrogen and oxygen atoms in total. The third-order valence-corrected chi connectivity index (χ3v) is 4.28. The van der Waals surface area contributed by atoms with Crippen molar-refractivity contribution in [3.05, 3.63) is 59.1 Å². The number of urea groups is 1. The highest BCUT2D eigenvalue weighted by molar-refractivity contribution is 6.36. The van der Waals surface area contributed by atoms with E-state index in [1.54, 1.807) is 55.6 Å². The van der Waals surface area contributed by atoms with E-state index < -0.39 is 23.8 Å². The van der Waals surface area contributed by atoms with Gasteiger partial charge in [0.25, 0.3) is 0 Å². The first-order valence-electron chi connectivity index (χ1n) is 7.57. The van der Waals surface area contributed by atoms with Gasteiger partial charge >= 0.3 is 6.03 Å². The SMILES string of the molecule is COc1ccc(C[C@@H]2C(=O)NC(=O)N(c3ccccc3Cl)C2=O)cc1. The Morgan fingerprint density at radius 3 is 2.40 bits per heavy atom. The highest BCUT2D eigenvalue weighted by Gasteiger charge is 2.41. The minimum atomic E-state index is -1.01. The number of carbonyl (C=O) groups excluding carboxylic acids is 3. The molecule has 1 atom stereocenters. The van der Waals surface area contributed by atoms with Crippen LogP contribution in [0.15, 0.2) is 48.5 Å². The van der Waals surface area contributed by atoms with Crippen molar-refractivity contribution in [3.8, 4) is 5.75 Å². The number of methoxy groups -OCH3 is 1. The monoisotopic (exact) mass is 358 g/mol. The molecule has 4 amide bonds. The number of amides is 4. The van der Waals surface area contributed by atoms with Gasteiger partial charge in [-0.15, -0.1) is 0 Å². The van der Waals surface area contributed by atoms with Crippen LogP contribution >= 0.6 is 11.6 Å². The number of hydrogen-bond donors (Lipinski definition) is 1. The van der Waals surface area contributed by atoms with Gasteiger partial charge in [0.2, 0.25) is 11.8 Å². The van der Waals surface area contributed by atoms with Crippen LogP contribution < -0.4 is 15.0 Å². The molecule has 1 fully saturated rings. The molecule has 1 heterocycles. The number of anilines is 1. The van der Waals surface area contributed by atoms with E-state index in [-0.39, 0.29) is 17.1 Å². The van der Waals surface area contributed by atoms with Crippen molar-refractivity contribution in [2.75, 3.05) is 12.0 Å². The Morgan fingerprint density at radius 2 is 1.76 bits per heavy atom. The lowest BCUT2D eigenvalue weighted by molar-refractivity contribution is -0.134. The van der Waals surface area contributed by atoms with Gasteiger partial charge in [0.1, 0.15) is 11.7 Å². The van der Waals surface area contributed by atoms with Gasteiger partial charge in [0, 0.05) is 0 Å². The molecule has 0 saturated carbocycles. The average Bonchev–Trinajstić information content (AvgIpc) is 2.60. The van der Waals surface area contributed by atoms with Crippen LogP contribution in [0.25, 0.3) is 0 Å². The molecule has 0 aliphatic carbocycles. The topological polar surface area (TPSA) is 75.7 Å². The van der Waals surface area contributed by atoms with Gasteiger partial charge in [-0.3, -0.25) is 14.9 Å². The van der Waals surface area contributed by atoms with Crippen molar-refractivity contribution in [2.45, 2.75) is 6.42 Å². The number of nitrogens with one attached hydrogen (secondary N) is 1. The summed E-state index contributed by atoms with van der Waals surface area (Å²) in [6.45, 7) is 0. The first-order valence-corrected chi connectivity index (χ1v) is 7.95. The highest BCUT2D eigenvalue weighted by Crippen LogP contribution is 2.29. The fourth-order valence-corrected chi connectivity index (χ4v) is 2.88. The number of rotatable bonds is 4. The Bertz CT molecular complexity index is 835. The number of imide groups is 2. The number of benzene rings is 2. The van der Waals surface area contributed by atoms with E-state index in [1.807, 2.05) is 0 Å². The van der Waals surface area contributed by atoms with E-state index in [2.05, 4.69) is 5.32 Å². The fourth-order valence-electron chi connectivity index (χ4n) is 2.65. The molecule has 0 bridgehead atoms. The third kappa shape index (κ3) is 3.34. The standard InChI is InChI=1S/C18H15ClN2O4/c1-25-12-8-6-11(7-9-12)10-13-16(22)20-18(24)21(17(13)23)15-5-3-2-4-14(15)19/h2-9,13H,10H2,1H3,(H,20,22,24)/t13-/m1/s1. The largest absolute Gasteiger partial charge is 0.497 e. The van der Waals surface area contributed by atoms with Crippen LogP contribution in [0, 0.1) is 5.92 Å². The zero-order valence-corrected chi connectivity index (χ0v) is 14.1. The molecule has 7 heteroatoms. The van der Waals surface area contributed by atoms with E-state index in [9.17, 15) is 14.4 Å². The molecule has 2 aromatic rings. The van der Waals surface area contributed by atoms with E-state index in [0.717, 1.165) is 10.5 Å². The number of nitrogens with zero attached hydrogens (tertiary/aromatic N) is 1. The van der Waals surface area contributed by atoms with Crippen molar-refractivity contribution in [1.82, 2.24) is 5.32 Å². The Balaban J connectivity index is 1.88. The summed E-state index contributed by atoms with van der Waals surface area (Å²) in [5, 5.41) is 2.48. The van der Waals surface area contributed by atoms with E-state index in [1.165, 1.54) is 0 Å². The first-order chi connectivity index (χ1) is 12.0. The van der Waals surface area contributed by atoms with Crippen molar-refractivity contribution >= 4 is 35.1 Å². The molecule has 0 radical (unpaired) electrons. The van der Waals surface area contributed by atoms with Crippen molar-refractivity contribution in [2.24, 2.45) is 5.92 Å². The predicted molar refractivity (Wildman–Crippen MR) is 92.7 cm³/mol. The molecule has 1 aliphatic rings. The maximum atomic E-state index is 12.8. The van der Waals surface area contributed by atoms with Gasteiger partial charge in [-0.25, -0.2) is 9.69 Å². The molecule has 2 aromatic carbocycles. The summed E-state index contributed by atoms with van der Waals surface area (Å²) in [6, 6.07) is 12.7. The zero-order chi connectivity index (χ0) is 18.0. The Hall–Kier alpha value is -2.86. The van der Waals surface area contributed by atoms with Crippen LogP contribution in [0.2, 0.25) is 5.02 Å². The smallest absolute Gasteiger partial charge is 0.335 e. The number of para-hydroxylation sites is 1. The molecule has 25 heavy (non-hydrogen) atoms. The van der Waals surface area contributed by atoms with Gasteiger partial charge in [-0.05, 0) is 36.2 Å². The number of carbonyl (C=O) groups is 3. The lowest BCUT2D eigenvalue weighted by Crippen LogP contribution is -2.58. The molecular weight excluding hydrogens is 344 g/mol. The van der Waals surface area contributed by atoms with Crippen molar-refractivity contribution in [1.29, 1.82) is 0 Å². The Kier molecular flexibility index (Phi) is 4.72. The summed E-state index contributed by atoms with van der Waals surface area (Å²) in [7, 11) is 1.56.